The van der Waals surface area contributed by atoms with Gasteiger partial charge in [0.05, 0.1) is 34.3 Å². The molecule has 0 atom stereocenters. The van der Waals surface area contributed by atoms with E-state index in [9.17, 15) is 20.2 Å². The lowest BCUT2D eigenvalue weighted by molar-refractivity contribution is -0.393. The second kappa shape index (κ2) is 7.38. The molecule has 2 aromatic carbocycles. The number of nitro groups is 2. The molecule has 10 heteroatoms. The van der Waals surface area contributed by atoms with Crippen molar-refractivity contribution in [3.63, 3.8) is 0 Å². The fourth-order valence-corrected chi connectivity index (χ4v) is 2.08. The fourth-order valence-electron chi connectivity index (χ4n) is 1.82. The van der Waals surface area contributed by atoms with Crippen molar-refractivity contribution in [2.45, 2.75) is 0 Å². The zero-order valence-electron chi connectivity index (χ0n) is 12.3. The number of nitrogens with zero attached hydrogens (tertiary/aromatic N) is 3. The maximum atomic E-state index is 11.0. The standard InChI is InChI=1S/C14H11ClN4O5/c1-24-14-5-2-9(6-11(14)15)8-16-17-12-4-3-10(18(20)21)7-13(12)19(22)23/h2-8,17H,1H3/b16-8-. The Balaban J connectivity index is 2.20. The highest BCUT2D eigenvalue weighted by molar-refractivity contribution is 6.32. The van der Waals surface area contributed by atoms with Gasteiger partial charge in [0.15, 0.2) is 0 Å². The van der Waals surface area contributed by atoms with E-state index in [-0.39, 0.29) is 11.4 Å². The molecule has 0 saturated heterocycles. The number of nitrogens with one attached hydrogen (secondary N) is 1. The van der Waals surface area contributed by atoms with Gasteiger partial charge in [-0.25, -0.2) is 0 Å². The largest absolute Gasteiger partial charge is 0.495 e. The second-order valence-electron chi connectivity index (χ2n) is 4.48. The number of nitro benzene ring substituents is 2. The van der Waals surface area contributed by atoms with Crippen molar-refractivity contribution < 1.29 is 14.6 Å². The van der Waals surface area contributed by atoms with E-state index in [2.05, 4.69) is 10.5 Å². The summed E-state index contributed by atoms with van der Waals surface area (Å²) in [6.07, 6.45) is 1.40. The number of ether oxygens (including phenoxy) is 1. The van der Waals surface area contributed by atoms with Crippen molar-refractivity contribution >= 4 is 34.9 Å². The number of non-ortho nitro benzene ring substituents is 1. The molecule has 0 aliphatic heterocycles. The quantitative estimate of drug-likeness (QED) is 0.482. The average molecular weight is 351 g/mol. The molecule has 0 aliphatic rings. The van der Waals surface area contributed by atoms with Crippen molar-refractivity contribution in [3.8, 4) is 5.75 Å². The summed E-state index contributed by atoms with van der Waals surface area (Å²) >= 11 is 5.98. The predicted molar refractivity (Wildman–Crippen MR) is 89.0 cm³/mol. The molecule has 9 nitrogen and oxygen atoms in total. The van der Waals surface area contributed by atoms with Gasteiger partial charge in [-0.15, -0.1) is 0 Å². The molecule has 0 aliphatic carbocycles. The van der Waals surface area contributed by atoms with Crippen LogP contribution >= 0.6 is 11.6 Å². The van der Waals surface area contributed by atoms with Gasteiger partial charge < -0.3 is 4.74 Å². The van der Waals surface area contributed by atoms with Crippen LogP contribution in [-0.4, -0.2) is 23.2 Å². The van der Waals surface area contributed by atoms with Crippen molar-refractivity contribution in [2.24, 2.45) is 5.10 Å². The monoisotopic (exact) mass is 350 g/mol. The van der Waals surface area contributed by atoms with E-state index in [0.29, 0.717) is 16.3 Å². The van der Waals surface area contributed by atoms with Crippen LogP contribution in [0.15, 0.2) is 41.5 Å². The Labute approximate surface area is 140 Å². The van der Waals surface area contributed by atoms with Crippen LogP contribution in [0, 0.1) is 20.2 Å². The Hall–Kier alpha value is -3.20. The van der Waals surface area contributed by atoms with E-state index in [0.717, 1.165) is 12.1 Å². The van der Waals surface area contributed by atoms with Crippen LogP contribution in [0.3, 0.4) is 0 Å². The molecule has 0 spiro atoms. The van der Waals surface area contributed by atoms with Gasteiger partial charge in [-0.3, -0.25) is 25.7 Å². The number of anilines is 1. The second-order valence-corrected chi connectivity index (χ2v) is 4.89. The maximum absolute atomic E-state index is 11.0. The first kappa shape index (κ1) is 17.2. The fraction of sp³-hybridized carbons (Fsp3) is 0.0714. The van der Waals surface area contributed by atoms with Gasteiger partial charge >= 0.3 is 5.69 Å². The Morgan fingerprint density at radius 3 is 2.50 bits per heavy atom. The molecule has 2 aromatic rings. The van der Waals surface area contributed by atoms with Crippen LogP contribution in [0.2, 0.25) is 5.02 Å². The smallest absolute Gasteiger partial charge is 0.301 e. The lowest BCUT2D eigenvalue weighted by atomic mass is 10.2. The Morgan fingerprint density at radius 2 is 1.92 bits per heavy atom. The van der Waals surface area contributed by atoms with Crippen molar-refractivity contribution in [3.05, 3.63) is 67.2 Å². The Kier molecular flexibility index (Phi) is 5.27. The van der Waals surface area contributed by atoms with Gasteiger partial charge in [0.25, 0.3) is 5.69 Å². The first-order valence-corrected chi connectivity index (χ1v) is 6.85. The van der Waals surface area contributed by atoms with Crippen LogP contribution in [0.25, 0.3) is 0 Å². The summed E-state index contributed by atoms with van der Waals surface area (Å²) in [5, 5.41) is 26.0. The molecule has 0 saturated carbocycles. The van der Waals surface area contributed by atoms with Gasteiger partial charge in [-0.1, -0.05) is 11.6 Å². The summed E-state index contributed by atoms with van der Waals surface area (Å²) in [5.74, 6) is 0.507. The van der Waals surface area contributed by atoms with Crippen LogP contribution < -0.4 is 10.2 Å². The molecule has 0 amide bonds. The van der Waals surface area contributed by atoms with Gasteiger partial charge in [0, 0.05) is 6.07 Å². The van der Waals surface area contributed by atoms with Crippen molar-refractivity contribution in [1.82, 2.24) is 0 Å². The molecule has 0 aromatic heterocycles. The third kappa shape index (κ3) is 3.96. The summed E-state index contributed by atoms with van der Waals surface area (Å²) in [6.45, 7) is 0. The molecule has 1 N–H and O–H groups in total. The maximum Gasteiger partial charge on any atom is 0.301 e. The molecule has 0 heterocycles. The third-order valence-electron chi connectivity index (χ3n) is 2.96. The summed E-state index contributed by atoms with van der Waals surface area (Å²) in [4.78, 5) is 20.2. The summed E-state index contributed by atoms with van der Waals surface area (Å²) in [7, 11) is 1.49. The molecule has 0 bridgehead atoms. The normalized spacial score (nSPS) is 10.6. The first-order valence-electron chi connectivity index (χ1n) is 6.48. The van der Waals surface area contributed by atoms with E-state index < -0.39 is 15.5 Å². The molecule has 24 heavy (non-hydrogen) atoms. The van der Waals surface area contributed by atoms with E-state index >= 15 is 0 Å². The lowest BCUT2D eigenvalue weighted by Crippen LogP contribution is -1.98. The van der Waals surface area contributed by atoms with E-state index in [1.807, 2.05) is 0 Å². The number of benzene rings is 2. The lowest BCUT2D eigenvalue weighted by Gasteiger charge is -2.04. The van der Waals surface area contributed by atoms with Crippen molar-refractivity contribution in [1.29, 1.82) is 0 Å². The van der Waals surface area contributed by atoms with Crippen LogP contribution in [0.5, 0.6) is 5.75 Å². The number of hydrogen-bond donors (Lipinski definition) is 1. The topological polar surface area (TPSA) is 120 Å². The third-order valence-corrected chi connectivity index (χ3v) is 3.26. The molecular formula is C14H11ClN4O5. The number of rotatable bonds is 6. The number of methoxy groups -OCH3 is 1. The first-order chi connectivity index (χ1) is 11.4. The van der Waals surface area contributed by atoms with Crippen molar-refractivity contribution in [2.75, 3.05) is 12.5 Å². The van der Waals surface area contributed by atoms with Gasteiger partial charge in [-0.2, -0.15) is 5.10 Å². The van der Waals surface area contributed by atoms with E-state index in [4.69, 9.17) is 16.3 Å². The summed E-state index contributed by atoms with van der Waals surface area (Å²) in [5.41, 5.74) is 2.33. The number of hydrazone groups is 1. The Morgan fingerprint density at radius 1 is 1.17 bits per heavy atom. The zero-order valence-corrected chi connectivity index (χ0v) is 13.1. The number of halogens is 1. The minimum absolute atomic E-state index is 0.0291. The highest BCUT2D eigenvalue weighted by Gasteiger charge is 2.19. The van der Waals surface area contributed by atoms with Crippen LogP contribution in [0.4, 0.5) is 17.1 Å². The SMILES string of the molecule is COc1ccc(/C=N\Nc2ccc([N+](=O)[O-])cc2[N+](=O)[O-])cc1Cl. The highest BCUT2D eigenvalue weighted by Crippen LogP contribution is 2.29. The van der Waals surface area contributed by atoms with Gasteiger partial charge in [-0.05, 0) is 29.8 Å². The molecule has 124 valence electrons. The summed E-state index contributed by atoms with van der Waals surface area (Å²) in [6, 6.07) is 8.18. The van der Waals surface area contributed by atoms with Crippen LogP contribution in [0.1, 0.15) is 5.56 Å². The van der Waals surface area contributed by atoms with Gasteiger partial charge in [0.1, 0.15) is 11.4 Å². The summed E-state index contributed by atoms with van der Waals surface area (Å²) < 4.78 is 5.02. The minimum Gasteiger partial charge on any atom is -0.495 e. The average Bonchev–Trinajstić information content (AvgIpc) is 2.55. The Bertz CT molecular complexity index is 825. The molecule has 0 fully saturated rings. The van der Waals surface area contributed by atoms with Crippen LogP contribution in [-0.2, 0) is 0 Å². The molecular weight excluding hydrogens is 340 g/mol. The number of hydrogen-bond acceptors (Lipinski definition) is 7. The zero-order chi connectivity index (χ0) is 17.7. The van der Waals surface area contributed by atoms with E-state index in [1.165, 1.54) is 19.4 Å². The molecule has 0 unspecified atom stereocenters. The predicted octanol–water partition coefficient (Wildman–Crippen LogP) is 3.61. The minimum atomic E-state index is -0.727. The molecule has 2 rings (SSSR count). The van der Waals surface area contributed by atoms with E-state index in [1.54, 1.807) is 18.2 Å². The molecule has 0 radical (unpaired) electrons. The highest BCUT2D eigenvalue weighted by atomic mass is 35.5. The van der Waals surface area contributed by atoms with Gasteiger partial charge in [0.2, 0.25) is 0 Å².